The van der Waals surface area contributed by atoms with Crippen molar-refractivity contribution in [2.24, 2.45) is 11.8 Å². The number of nitrogens with one attached hydrogen (secondary N) is 1. The van der Waals surface area contributed by atoms with Crippen molar-refractivity contribution in [3.8, 4) is 11.5 Å². The Morgan fingerprint density at radius 2 is 1.73 bits per heavy atom. The van der Waals surface area contributed by atoms with Gasteiger partial charge in [-0.2, -0.15) is 4.31 Å². The van der Waals surface area contributed by atoms with Gasteiger partial charge >= 0.3 is 0 Å². The van der Waals surface area contributed by atoms with Gasteiger partial charge in [-0.25, -0.2) is 8.42 Å². The van der Waals surface area contributed by atoms with Crippen LogP contribution in [0.3, 0.4) is 0 Å². The van der Waals surface area contributed by atoms with Crippen molar-refractivity contribution in [2.45, 2.75) is 71.3 Å². The third-order valence-electron chi connectivity index (χ3n) is 7.14. The van der Waals surface area contributed by atoms with E-state index in [1.54, 1.807) is 18.5 Å². The summed E-state index contributed by atoms with van der Waals surface area (Å²) < 4.78 is 38.1. The van der Waals surface area contributed by atoms with Gasteiger partial charge in [-0.1, -0.05) is 26.2 Å². The summed E-state index contributed by atoms with van der Waals surface area (Å²) in [6.07, 6.45) is 9.06. The van der Waals surface area contributed by atoms with E-state index in [2.05, 4.69) is 12.2 Å². The van der Waals surface area contributed by atoms with E-state index in [0.29, 0.717) is 44.0 Å². The van der Waals surface area contributed by atoms with Crippen molar-refractivity contribution in [1.29, 1.82) is 0 Å². The van der Waals surface area contributed by atoms with E-state index in [1.165, 1.54) is 19.3 Å². The normalized spacial score (nSPS) is 21.3. The van der Waals surface area contributed by atoms with Crippen molar-refractivity contribution >= 4 is 15.9 Å². The molecule has 1 aromatic rings. The Morgan fingerprint density at radius 1 is 1.06 bits per heavy atom. The topological polar surface area (TPSA) is 84.9 Å². The molecular weight excluding hydrogens is 440 g/mol. The van der Waals surface area contributed by atoms with Crippen molar-refractivity contribution in [1.82, 2.24) is 9.62 Å². The first-order valence-electron chi connectivity index (χ1n) is 12.4. The van der Waals surface area contributed by atoms with Crippen molar-refractivity contribution in [3.63, 3.8) is 0 Å². The fraction of sp³-hybridized carbons (Fsp3) is 0.720. The van der Waals surface area contributed by atoms with E-state index in [1.807, 2.05) is 12.1 Å². The maximum absolute atomic E-state index is 12.9. The Kier molecular flexibility index (Phi) is 9.44. The van der Waals surface area contributed by atoms with Crippen LogP contribution in [0.2, 0.25) is 0 Å². The van der Waals surface area contributed by atoms with Crippen molar-refractivity contribution in [3.05, 3.63) is 23.3 Å². The average Bonchev–Trinajstić information content (AvgIpc) is 2.84. The highest BCUT2D eigenvalue weighted by molar-refractivity contribution is 7.89. The van der Waals surface area contributed by atoms with Crippen LogP contribution in [0.1, 0.15) is 69.4 Å². The zero-order valence-electron chi connectivity index (χ0n) is 20.4. The van der Waals surface area contributed by atoms with E-state index >= 15 is 0 Å². The summed E-state index contributed by atoms with van der Waals surface area (Å²) in [6.45, 7) is 3.42. The number of amides is 1. The lowest BCUT2D eigenvalue weighted by Gasteiger charge is -2.29. The van der Waals surface area contributed by atoms with Crippen LogP contribution >= 0.6 is 0 Å². The standard InChI is InChI=1S/C25H40N2O5S/c1-4-5-7-19-8-10-20(11-9-19)25(28)26-13-6-15-33(29,30)27-14-12-21-16-23(31-2)24(32-3)17-22(21)18-27/h16-17,19-20H,4-15,18H2,1-3H3,(H,26,28). The Morgan fingerprint density at radius 3 is 2.36 bits per heavy atom. The fourth-order valence-electron chi connectivity index (χ4n) is 5.04. The molecule has 1 amide bonds. The average molecular weight is 481 g/mol. The maximum atomic E-state index is 12.9. The molecule has 0 bridgehead atoms. The van der Waals surface area contributed by atoms with E-state index in [4.69, 9.17) is 9.47 Å². The minimum absolute atomic E-state index is 0.0413. The minimum Gasteiger partial charge on any atom is -0.493 e. The molecule has 1 aromatic carbocycles. The predicted molar refractivity (Wildman–Crippen MR) is 130 cm³/mol. The second-order valence-electron chi connectivity index (χ2n) is 9.38. The minimum atomic E-state index is -3.39. The number of unbranched alkanes of at least 4 members (excludes halogenated alkanes) is 1. The van der Waals surface area contributed by atoms with Gasteiger partial charge in [-0.15, -0.1) is 0 Å². The molecule has 0 atom stereocenters. The van der Waals surface area contributed by atoms with Crippen LogP contribution in [-0.2, 0) is 27.8 Å². The lowest BCUT2D eigenvalue weighted by atomic mass is 9.79. The molecule has 0 radical (unpaired) electrons. The number of nitrogens with zero attached hydrogens (tertiary/aromatic N) is 1. The summed E-state index contributed by atoms with van der Waals surface area (Å²) in [5, 5.41) is 2.98. The van der Waals surface area contributed by atoms with Gasteiger partial charge < -0.3 is 14.8 Å². The Labute approximate surface area is 199 Å². The Balaban J connectivity index is 1.43. The summed E-state index contributed by atoms with van der Waals surface area (Å²) in [6, 6.07) is 3.80. The van der Waals surface area contributed by atoms with Crippen molar-refractivity contribution in [2.75, 3.05) is 33.1 Å². The zero-order chi connectivity index (χ0) is 23.8. The van der Waals surface area contributed by atoms with Gasteiger partial charge in [0.25, 0.3) is 0 Å². The molecule has 3 rings (SSSR count). The highest BCUT2D eigenvalue weighted by atomic mass is 32.2. The largest absolute Gasteiger partial charge is 0.493 e. The quantitative estimate of drug-likeness (QED) is 0.486. The number of carbonyl (C=O) groups is 1. The Bertz CT molecular complexity index is 894. The van der Waals surface area contributed by atoms with E-state index in [-0.39, 0.29) is 17.6 Å². The summed E-state index contributed by atoms with van der Waals surface area (Å²) in [5.41, 5.74) is 2.04. The number of hydrogen-bond acceptors (Lipinski definition) is 5. The molecule has 1 saturated carbocycles. The molecule has 7 nitrogen and oxygen atoms in total. The van der Waals surface area contributed by atoms with Crippen LogP contribution in [0.15, 0.2) is 12.1 Å². The zero-order valence-corrected chi connectivity index (χ0v) is 21.2. The molecule has 186 valence electrons. The summed E-state index contributed by atoms with van der Waals surface area (Å²) in [7, 11) is -0.215. The molecule has 1 aliphatic carbocycles. The lowest BCUT2D eigenvalue weighted by Crippen LogP contribution is -2.39. The third-order valence-corrected chi connectivity index (χ3v) is 9.04. The molecule has 0 aromatic heterocycles. The number of rotatable bonds is 11. The number of benzene rings is 1. The van der Waals surface area contributed by atoms with Crippen LogP contribution in [0.4, 0.5) is 0 Å². The number of ether oxygens (including phenoxy) is 2. The van der Waals surface area contributed by atoms with Crippen molar-refractivity contribution < 1.29 is 22.7 Å². The number of carbonyl (C=O) groups excluding carboxylic acids is 1. The monoisotopic (exact) mass is 480 g/mol. The van der Waals surface area contributed by atoms with Gasteiger partial charge in [-0.3, -0.25) is 4.79 Å². The summed E-state index contributed by atoms with van der Waals surface area (Å²) in [4.78, 5) is 12.5. The van der Waals surface area contributed by atoms with E-state index in [9.17, 15) is 13.2 Å². The molecule has 1 aliphatic heterocycles. The van der Waals surface area contributed by atoms with Gasteiger partial charge in [0, 0.05) is 25.6 Å². The first-order chi connectivity index (χ1) is 15.9. The molecule has 1 heterocycles. The van der Waals surface area contributed by atoms with E-state index < -0.39 is 10.0 Å². The van der Waals surface area contributed by atoms with Gasteiger partial charge in [0.2, 0.25) is 15.9 Å². The maximum Gasteiger partial charge on any atom is 0.223 e. The highest BCUT2D eigenvalue weighted by Gasteiger charge is 2.28. The molecule has 1 fully saturated rings. The molecule has 1 N–H and O–H groups in total. The molecular formula is C25H40N2O5S. The van der Waals surface area contributed by atoms with E-state index in [0.717, 1.165) is 42.7 Å². The van der Waals surface area contributed by atoms with Gasteiger partial charge in [-0.05, 0) is 67.7 Å². The molecule has 0 saturated heterocycles. The molecule has 33 heavy (non-hydrogen) atoms. The summed E-state index contributed by atoms with van der Waals surface area (Å²) in [5.74, 6) is 2.27. The van der Waals surface area contributed by atoms with Crippen LogP contribution in [0.25, 0.3) is 0 Å². The first-order valence-corrected chi connectivity index (χ1v) is 14.0. The van der Waals surface area contributed by atoms with Gasteiger partial charge in [0.1, 0.15) is 0 Å². The second kappa shape index (κ2) is 12.1. The van der Waals surface area contributed by atoms with Crippen LogP contribution < -0.4 is 14.8 Å². The molecule has 8 heteroatoms. The molecule has 2 aliphatic rings. The summed E-state index contributed by atoms with van der Waals surface area (Å²) >= 11 is 0. The van der Waals surface area contributed by atoms with Crippen LogP contribution in [0, 0.1) is 11.8 Å². The van der Waals surface area contributed by atoms with Crippen LogP contribution in [-0.4, -0.2) is 51.7 Å². The predicted octanol–water partition coefficient (Wildman–Crippen LogP) is 3.89. The number of hydrogen-bond donors (Lipinski definition) is 1. The number of sulfonamides is 1. The number of methoxy groups -OCH3 is 2. The smallest absolute Gasteiger partial charge is 0.223 e. The third kappa shape index (κ3) is 6.85. The lowest BCUT2D eigenvalue weighted by molar-refractivity contribution is -0.126. The molecule has 0 unspecified atom stereocenters. The first kappa shape index (κ1) is 25.8. The SMILES string of the molecule is CCCCC1CCC(C(=O)NCCCS(=O)(=O)N2CCc3cc(OC)c(OC)cc3C2)CC1. The molecule has 0 spiro atoms. The van der Waals surface area contributed by atoms with Gasteiger partial charge in [0.05, 0.1) is 20.0 Å². The number of fused-ring (bicyclic) bond motifs is 1. The van der Waals surface area contributed by atoms with Gasteiger partial charge in [0.15, 0.2) is 11.5 Å². The van der Waals surface area contributed by atoms with Crippen LogP contribution in [0.5, 0.6) is 11.5 Å². The highest BCUT2D eigenvalue weighted by Crippen LogP contribution is 2.34. The Hall–Kier alpha value is -1.80. The second-order valence-corrected chi connectivity index (χ2v) is 11.5. The fourth-order valence-corrected chi connectivity index (χ4v) is 6.51.